The third-order valence-corrected chi connectivity index (χ3v) is 5.96. The molecule has 0 bridgehead atoms. The average Bonchev–Trinajstić information content (AvgIpc) is 3.20. The molecule has 1 spiro atoms. The Morgan fingerprint density at radius 2 is 1.49 bits per heavy atom. The van der Waals surface area contributed by atoms with Gasteiger partial charge in [0.1, 0.15) is 18.8 Å². The maximum Gasteiger partial charge on any atom is 0.325 e. The summed E-state index contributed by atoms with van der Waals surface area (Å²) in [5.74, 6) is -5.51. The molecular formula is C26H33NO12. The van der Waals surface area contributed by atoms with Crippen LogP contribution in [-0.4, -0.2) is 84.4 Å². The van der Waals surface area contributed by atoms with Crippen LogP contribution in [0.4, 0.5) is 0 Å². The van der Waals surface area contributed by atoms with Crippen LogP contribution in [0.5, 0.6) is 0 Å². The largest absolute Gasteiger partial charge is 0.465 e. The standard InChI is InChI=1S/C26H33NO12/c1-6-33-25(32)20-12-26(39-27(20)13-19-10-8-7-9-11-19)24(37-18(5)31)23(36-17(4)30)22(35-16(3)29)21(38-26)14-34-15(2)28/h7-11,20-24H,6,12-14H2,1-5H3/t20-,21-,22-,23+,24-,26-/m1/s1. The number of benzene rings is 1. The van der Waals surface area contributed by atoms with E-state index in [1.807, 2.05) is 30.3 Å². The molecule has 2 heterocycles. The molecule has 0 N–H and O–H groups in total. The van der Waals surface area contributed by atoms with E-state index in [1.165, 1.54) is 12.0 Å². The van der Waals surface area contributed by atoms with Crippen LogP contribution in [0.25, 0.3) is 0 Å². The lowest BCUT2D eigenvalue weighted by molar-refractivity contribution is -0.395. The van der Waals surface area contributed by atoms with Gasteiger partial charge < -0.3 is 28.4 Å². The van der Waals surface area contributed by atoms with E-state index in [0.717, 1.165) is 26.3 Å². The van der Waals surface area contributed by atoms with Gasteiger partial charge in [0.2, 0.25) is 5.79 Å². The van der Waals surface area contributed by atoms with Gasteiger partial charge in [0.05, 0.1) is 13.2 Å². The van der Waals surface area contributed by atoms with E-state index in [2.05, 4.69) is 0 Å². The van der Waals surface area contributed by atoms with Gasteiger partial charge >= 0.3 is 29.8 Å². The van der Waals surface area contributed by atoms with E-state index in [9.17, 15) is 24.0 Å². The van der Waals surface area contributed by atoms with Crippen LogP contribution in [0.15, 0.2) is 30.3 Å². The number of hydrogen-bond donors (Lipinski definition) is 0. The Labute approximate surface area is 225 Å². The Hall–Kier alpha value is -3.55. The van der Waals surface area contributed by atoms with Crippen LogP contribution in [0.2, 0.25) is 0 Å². The van der Waals surface area contributed by atoms with Crippen molar-refractivity contribution in [2.24, 2.45) is 0 Å². The molecule has 0 unspecified atom stereocenters. The number of rotatable bonds is 9. The molecule has 0 radical (unpaired) electrons. The van der Waals surface area contributed by atoms with Crippen molar-refractivity contribution in [2.75, 3.05) is 13.2 Å². The molecule has 0 aromatic heterocycles. The molecule has 2 saturated heterocycles. The first-order valence-electron chi connectivity index (χ1n) is 12.4. The molecule has 2 fully saturated rings. The van der Waals surface area contributed by atoms with Gasteiger partial charge in [-0.3, -0.25) is 28.8 Å². The molecule has 6 atom stereocenters. The molecule has 0 saturated carbocycles. The van der Waals surface area contributed by atoms with Gasteiger partial charge in [0.15, 0.2) is 18.3 Å². The second-order valence-corrected chi connectivity index (χ2v) is 9.07. The van der Waals surface area contributed by atoms with Crippen molar-refractivity contribution in [2.45, 2.75) is 83.8 Å². The maximum absolute atomic E-state index is 13.0. The minimum absolute atomic E-state index is 0.0927. The van der Waals surface area contributed by atoms with Crippen molar-refractivity contribution in [3.05, 3.63) is 35.9 Å². The van der Waals surface area contributed by atoms with Gasteiger partial charge in [-0.2, -0.15) is 5.06 Å². The molecule has 214 valence electrons. The Morgan fingerprint density at radius 3 is 2.05 bits per heavy atom. The predicted molar refractivity (Wildman–Crippen MR) is 129 cm³/mol. The lowest BCUT2D eigenvalue weighted by atomic mass is 9.88. The minimum Gasteiger partial charge on any atom is -0.465 e. The molecule has 13 nitrogen and oxygen atoms in total. The van der Waals surface area contributed by atoms with E-state index in [0.29, 0.717) is 0 Å². The van der Waals surface area contributed by atoms with Crippen molar-refractivity contribution >= 4 is 29.8 Å². The normalized spacial score (nSPS) is 28.4. The summed E-state index contributed by atoms with van der Waals surface area (Å²) in [5, 5.41) is 1.34. The fourth-order valence-electron chi connectivity index (χ4n) is 4.60. The summed E-state index contributed by atoms with van der Waals surface area (Å²) in [6.45, 7) is 5.99. The third kappa shape index (κ3) is 7.52. The quantitative estimate of drug-likeness (QED) is 0.319. The first kappa shape index (κ1) is 30.0. The highest BCUT2D eigenvalue weighted by Gasteiger charge is 2.66. The van der Waals surface area contributed by atoms with E-state index in [-0.39, 0.29) is 19.6 Å². The highest BCUT2D eigenvalue weighted by atomic mass is 16.8. The zero-order valence-electron chi connectivity index (χ0n) is 22.4. The SMILES string of the molecule is CCOC(=O)[C@H]1C[C@@]2(O[C@H](COC(C)=O)[C@@H](OC(C)=O)[C@H](OC(C)=O)[C@H]2OC(C)=O)ON1Cc1ccccc1. The number of ether oxygens (including phenoxy) is 6. The molecule has 1 aromatic carbocycles. The van der Waals surface area contributed by atoms with Gasteiger partial charge in [-0.1, -0.05) is 30.3 Å². The van der Waals surface area contributed by atoms with Crippen LogP contribution >= 0.6 is 0 Å². The highest BCUT2D eigenvalue weighted by molar-refractivity contribution is 5.76. The van der Waals surface area contributed by atoms with E-state index in [4.69, 9.17) is 33.3 Å². The van der Waals surface area contributed by atoms with Crippen molar-refractivity contribution in [1.82, 2.24) is 5.06 Å². The van der Waals surface area contributed by atoms with E-state index >= 15 is 0 Å². The Balaban J connectivity index is 2.10. The van der Waals surface area contributed by atoms with Crippen molar-refractivity contribution in [3.8, 4) is 0 Å². The van der Waals surface area contributed by atoms with Gasteiger partial charge in [-0.25, -0.2) is 0 Å². The number of hydroxylamine groups is 2. The van der Waals surface area contributed by atoms with Crippen LogP contribution in [0.1, 0.15) is 46.6 Å². The number of carbonyl (C=O) groups is 5. The summed E-state index contributed by atoms with van der Waals surface area (Å²) in [7, 11) is 0. The summed E-state index contributed by atoms with van der Waals surface area (Å²) in [4.78, 5) is 67.3. The molecule has 3 rings (SSSR count). The lowest BCUT2D eigenvalue weighted by Crippen LogP contribution is -2.68. The van der Waals surface area contributed by atoms with Crippen molar-refractivity contribution < 1.29 is 57.2 Å². The lowest BCUT2D eigenvalue weighted by Gasteiger charge is -2.48. The van der Waals surface area contributed by atoms with Gasteiger partial charge in [0, 0.05) is 34.1 Å². The maximum atomic E-state index is 13.0. The Morgan fingerprint density at radius 1 is 0.872 bits per heavy atom. The molecule has 1 aromatic rings. The summed E-state index contributed by atoms with van der Waals surface area (Å²) in [5.41, 5.74) is 0.787. The first-order valence-corrected chi connectivity index (χ1v) is 12.4. The summed E-state index contributed by atoms with van der Waals surface area (Å²) in [6.07, 6.45) is -5.74. The molecule has 39 heavy (non-hydrogen) atoms. The molecule has 0 aliphatic carbocycles. The van der Waals surface area contributed by atoms with Crippen LogP contribution < -0.4 is 0 Å². The molecule has 0 amide bonds. The van der Waals surface area contributed by atoms with Gasteiger partial charge in [-0.05, 0) is 12.5 Å². The van der Waals surface area contributed by atoms with Crippen molar-refractivity contribution in [3.63, 3.8) is 0 Å². The molecule has 13 heteroatoms. The Bertz CT molecular complexity index is 1060. The van der Waals surface area contributed by atoms with Crippen LogP contribution in [0, 0.1) is 0 Å². The molecular weight excluding hydrogens is 518 g/mol. The number of carbonyl (C=O) groups excluding carboxylic acids is 5. The zero-order chi connectivity index (χ0) is 28.7. The monoisotopic (exact) mass is 551 g/mol. The van der Waals surface area contributed by atoms with Gasteiger partial charge in [-0.15, -0.1) is 0 Å². The van der Waals surface area contributed by atoms with Crippen LogP contribution in [-0.2, 0) is 63.8 Å². The average molecular weight is 552 g/mol. The summed E-state index contributed by atoms with van der Waals surface area (Å²) < 4.78 is 33.2. The summed E-state index contributed by atoms with van der Waals surface area (Å²) >= 11 is 0. The van der Waals surface area contributed by atoms with E-state index in [1.54, 1.807) is 6.92 Å². The first-order chi connectivity index (χ1) is 18.5. The van der Waals surface area contributed by atoms with Crippen molar-refractivity contribution in [1.29, 1.82) is 0 Å². The molecule has 2 aliphatic heterocycles. The smallest absolute Gasteiger partial charge is 0.325 e. The predicted octanol–water partition coefficient (Wildman–Crippen LogP) is 1.21. The Kier molecular flexibility index (Phi) is 10.0. The third-order valence-electron chi connectivity index (χ3n) is 5.96. The number of esters is 5. The fraction of sp³-hybridized carbons (Fsp3) is 0.577. The summed E-state index contributed by atoms with van der Waals surface area (Å²) in [6, 6.07) is 8.08. The van der Waals surface area contributed by atoms with Crippen LogP contribution in [0.3, 0.4) is 0 Å². The van der Waals surface area contributed by atoms with E-state index < -0.39 is 72.7 Å². The second-order valence-electron chi connectivity index (χ2n) is 9.07. The second kappa shape index (κ2) is 13.0. The molecule has 2 aliphatic rings. The fourth-order valence-corrected chi connectivity index (χ4v) is 4.60. The number of nitrogens with zero attached hydrogens (tertiary/aromatic N) is 1. The number of hydrogen-bond acceptors (Lipinski definition) is 13. The highest BCUT2D eigenvalue weighted by Crippen LogP contribution is 2.45. The topological polar surface area (TPSA) is 153 Å². The van der Waals surface area contributed by atoms with Gasteiger partial charge in [0.25, 0.3) is 0 Å². The zero-order valence-corrected chi connectivity index (χ0v) is 22.4. The minimum atomic E-state index is -1.92.